The van der Waals surface area contributed by atoms with Crippen molar-refractivity contribution in [3.05, 3.63) is 82.7 Å². The monoisotopic (exact) mass is 490 g/mol. The first-order valence-electron chi connectivity index (χ1n) is 11.2. The van der Waals surface area contributed by atoms with Crippen LogP contribution in [0, 0.1) is 13.8 Å². The summed E-state index contributed by atoms with van der Waals surface area (Å²) in [7, 11) is 3.94. The molecule has 0 fully saturated rings. The molecule has 0 aliphatic rings. The molecule has 0 saturated heterocycles. The van der Waals surface area contributed by atoms with Crippen LogP contribution in [0.4, 0.5) is 5.69 Å². The second kappa shape index (κ2) is 10.7. The molecule has 0 aliphatic carbocycles. The van der Waals surface area contributed by atoms with Crippen molar-refractivity contribution in [3.63, 3.8) is 0 Å². The summed E-state index contributed by atoms with van der Waals surface area (Å²) in [5.41, 5.74) is 5.22. The quantitative estimate of drug-likeness (QED) is 0.333. The molecule has 0 bridgehead atoms. The molecule has 0 atom stereocenters. The molecule has 1 aromatic heterocycles. The molecule has 180 valence electrons. The van der Waals surface area contributed by atoms with Gasteiger partial charge in [-0.3, -0.25) is 4.79 Å². The lowest BCUT2D eigenvalue weighted by molar-refractivity contribution is 0.102. The average Bonchev–Trinajstić information content (AvgIpc) is 3.27. The van der Waals surface area contributed by atoms with Crippen LogP contribution in [0.3, 0.4) is 0 Å². The van der Waals surface area contributed by atoms with E-state index < -0.39 is 0 Å². The van der Waals surface area contributed by atoms with Crippen LogP contribution in [0.5, 0.6) is 5.75 Å². The number of nitrogens with zero attached hydrogens (tertiary/aromatic N) is 3. The van der Waals surface area contributed by atoms with Gasteiger partial charge >= 0.3 is 0 Å². The Morgan fingerprint density at radius 2 is 1.77 bits per heavy atom. The summed E-state index contributed by atoms with van der Waals surface area (Å²) in [4.78, 5) is 19.1. The van der Waals surface area contributed by atoms with Gasteiger partial charge in [0.2, 0.25) is 11.7 Å². The molecule has 1 heterocycles. The highest BCUT2D eigenvalue weighted by atomic mass is 35.5. The predicted molar refractivity (Wildman–Crippen MR) is 138 cm³/mol. The van der Waals surface area contributed by atoms with Crippen LogP contribution in [-0.2, 0) is 0 Å². The Morgan fingerprint density at radius 3 is 2.43 bits per heavy atom. The molecule has 1 N–H and O–H groups in total. The van der Waals surface area contributed by atoms with Crippen LogP contribution in [0.2, 0.25) is 5.02 Å². The van der Waals surface area contributed by atoms with Crippen LogP contribution < -0.4 is 10.1 Å². The van der Waals surface area contributed by atoms with Crippen LogP contribution in [0.25, 0.3) is 22.5 Å². The van der Waals surface area contributed by atoms with Crippen LogP contribution in [-0.4, -0.2) is 48.2 Å². The Balaban J connectivity index is 1.45. The van der Waals surface area contributed by atoms with Gasteiger partial charge in [-0.2, -0.15) is 4.98 Å². The van der Waals surface area contributed by atoms with E-state index in [1.165, 1.54) is 0 Å². The van der Waals surface area contributed by atoms with Gasteiger partial charge in [-0.05, 0) is 68.0 Å². The van der Waals surface area contributed by atoms with Gasteiger partial charge in [0, 0.05) is 36.3 Å². The first-order chi connectivity index (χ1) is 16.8. The van der Waals surface area contributed by atoms with E-state index in [0.717, 1.165) is 28.8 Å². The van der Waals surface area contributed by atoms with Gasteiger partial charge in [-0.25, -0.2) is 0 Å². The molecule has 0 unspecified atom stereocenters. The standard InChI is InChI=1S/C27H27ClN4O3/c1-17-15-21(26-29-18(2)35-31-26)9-11-23(17)19-5-7-20(8-6-19)27(33)30-22-10-12-24(28)25(16-22)34-14-13-32(3)4/h5-12,15-16H,13-14H2,1-4H3,(H,30,33). The number of carbonyl (C=O) groups excluding carboxylic acids is 1. The molecule has 35 heavy (non-hydrogen) atoms. The summed E-state index contributed by atoms with van der Waals surface area (Å²) in [6.45, 7) is 5.06. The molecule has 0 aliphatic heterocycles. The Kier molecular flexibility index (Phi) is 7.48. The smallest absolute Gasteiger partial charge is 0.255 e. The van der Waals surface area contributed by atoms with Crippen molar-refractivity contribution >= 4 is 23.2 Å². The molecule has 0 saturated carbocycles. The number of carbonyl (C=O) groups is 1. The lowest BCUT2D eigenvalue weighted by Gasteiger charge is -2.13. The maximum Gasteiger partial charge on any atom is 0.255 e. The number of aromatic nitrogens is 2. The van der Waals surface area contributed by atoms with E-state index in [9.17, 15) is 4.79 Å². The first-order valence-corrected chi connectivity index (χ1v) is 11.6. The lowest BCUT2D eigenvalue weighted by Crippen LogP contribution is -2.19. The van der Waals surface area contributed by atoms with E-state index in [-0.39, 0.29) is 5.91 Å². The number of aryl methyl sites for hydroxylation is 2. The van der Waals surface area contributed by atoms with Crippen molar-refractivity contribution in [2.75, 3.05) is 32.6 Å². The van der Waals surface area contributed by atoms with Gasteiger partial charge < -0.3 is 19.5 Å². The second-order valence-electron chi connectivity index (χ2n) is 8.50. The largest absolute Gasteiger partial charge is 0.491 e. The molecule has 4 rings (SSSR count). The maximum absolute atomic E-state index is 12.8. The number of rotatable bonds is 8. The van der Waals surface area contributed by atoms with E-state index in [1.54, 1.807) is 25.1 Å². The number of nitrogens with one attached hydrogen (secondary N) is 1. The Hall–Kier alpha value is -3.68. The van der Waals surface area contributed by atoms with Crippen molar-refractivity contribution in [2.45, 2.75) is 13.8 Å². The van der Waals surface area contributed by atoms with Gasteiger partial charge in [0.1, 0.15) is 12.4 Å². The van der Waals surface area contributed by atoms with E-state index in [1.807, 2.05) is 68.4 Å². The van der Waals surface area contributed by atoms with Gasteiger partial charge in [-0.15, -0.1) is 0 Å². The number of anilines is 1. The fraction of sp³-hybridized carbons (Fsp3) is 0.222. The van der Waals surface area contributed by atoms with E-state index in [2.05, 4.69) is 15.5 Å². The lowest BCUT2D eigenvalue weighted by atomic mass is 9.97. The predicted octanol–water partition coefficient (Wildman–Crippen LogP) is 5.87. The van der Waals surface area contributed by atoms with Crippen LogP contribution in [0.15, 0.2) is 65.2 Å². The zero-order chi connectivity index (χ0) is 24.9. The molecule has 8 heteroatoms. The van der Waals surface area contributed by atoms with Gasteiger partial charge in [0.05, 0.1) is 5.02 Å². The molecular formula is C27H27ClN4O3. The molecule has 0 radical (unpaired) electrons. The number of benzene rings is 3. The van der Waals surface area contributed by atoms with Crippen LogP contribution in [0.1, 0.15) is 21.8 Å². The highest BCUT2D eigenvalue weighted by molar-refractivity contribution is 6.32. The zero-order valence-electron chi connectivity index (χ0n) is 20.1. The molecule has 4 aromatic rings. The number of halogens is 1. The summed E-state index contributed by atoms with van der Waals surface area (Å²) in [5.74, 6) is 1.43. The van der Waals surface area contributed by atoms with Crippen molar-refractivity contribution in [3.8, 4) is 28.3 Å². The van der Waals surface area contributed by atoms with Crippen molar-refractivity contribution in [1.29, 1.82) is 0 Å². The van der Waals surface area contributed by atoms with Crippen LogP contribution >= 0.6 is 11.6 Å². The Bertz CT molecular complexity index is 1330. The zero-order valence-corrected chi connectivity index (χ0v) is 20.9. The molecule has 1 amide bonds. The number of ether oxygens (including phenoxy) is 1. The molecule has 0 spiro atoms. The van der Waals surface area contributed by atoms with Gasteiger partial charge in [-0.1, -0.05) is 41.0 Å². The van der Waals surface area contributed by atoms with E-state index in [4.69, 9.17) is 20.9 Å². The SMILES string of the molecule is Cc1nc(-c2ccc(-c3ccc(C(=O)Nc4ccc(Cl)c(OCCN(C)C)c4)cc3)c(C)c2)no1. The Morgan fingerprint density at radius 1 is 1.03 bits per heavy atom. The first kappa shape index (κ1) is 24.4. The Labute approximate surface area is 209 Å². The molecule has 7 nitrogen and oxygen atoms in total. The third-order valence-corrected chi connectivity index (χ3v) is 5.77. The van der Waals surface area contributed by atoms with Gasteiger partial charge in [0.25, 0.3) is 5.91 Å². The minimum atomic E-state index is -0.210. The minimum Gasteiger partial charge on any atom is -0.491 e. The van der Waals surface area contributed by atoms with Crippen molar-refractivity contribution in [1.82, 2.24) is 15.0 Å². The minimum absolute atomic E-state index is 0.210. The second-order valence-corrected chi connectivity index (χ2v) is 8.90. The molecule has 3 aromatic carbocycles. The fourth-order valence-electron chi connectivity index (χ4n) is 3.58. The van der Waals surface area contributed by atoms with E-state index in [0.29, 0.717) is 40.3 Å². The normalized spacial score (nSPS) is 11.0. The number of hydrogen-bond donors (Lipinski definition) is 1. The highest BCUT2D eigenvalue weighted by Crippen LogP contribution is 2.29. The average molecular weight is 491 g/mol. The number of hydrogen-bond acceptors (Lipinski definition) is 6. The van der Waals surface area contributed by atoms with Gasteiger partial charge in [0.15, 0.2) is 0 Å². The van der Waals surface area contributed by atoms with Crippen molar-refractivity contribution < 1.29 is 14.1 Å². The van der Waals surface area contributed by atoms with E-state index >= 15 is 0 Å². The topological polar surface area (TPSA) is 80.5 Å². The maximum atomic E-state index is 12.8. The third kappa shape index (κ3) is 6.07. The van der Waals surface area contributed by atoms with Crippen molar-refractivity contribution in [2.24, 2.45) is 0 Å². The summed E-state index contributed by atoms with van der Waals surface area (Å²) in [5, 5.41) is 7.39. The third-order valence-electron chi connectivity index (χ3n) is 5.46. The summed E-state index contributed by atoms with van der Waals surface area (Å²) < 4.78 is 10.8. The summed E-state index contributed by atoms with van der Waals surface area (Å²) in [6, 6.07) is 18.7. The highest BCUT2D eigenvalue weighted by Gasteiger charge is 2.12. The number of amides is 1. The summed E-state index contributed by atoms with van der Waals surface area (Å²) >= 11 is 6.24. The number of likely N-dealkylation sites (N-methyl/N-ethyl adjacent to an activating group) is 1. The summed E-state index contributed by atoms with van der Waals surface area (Å²) in [6.07, 6.45) is 0. The fourth-order valence-corrected chi connectivity index (χ4v) is 3.75. The molecular weight excluding hydrogens is 464 g/mol.